The zero-order valence-corrected chi connectivity index (χ0v) is 20.7. The summed E-state index contributed by atoms with van der Waals surface area (Å²) in [6, 6.07) is 13.6. The Bertz CT molecular complexity index is 1000. The van der Waals surface area contributed by atoms with E-state index in [9.17, 15) is 14.4 Å². The van der Waals surface area contributed by atoms with Crippen LogP contribution < -0.4 is 15.4 Å². The predicted molar refractivity (Wildman–Crippen MR) is 134 cm³/mol. The molecule has 2 aromatic carbocycles. The fourth-order valence-corrected chi connectivity index (χ4v) is 4.32. The van der Waals surface area contributed by atoms with Crippen LogP contribution >= 0.6 is 0 Å². The van der Waals surface area contributed by atoms with Crippen molar-refractivity contribution in [2.24, 2.45) is 5.92 Å². The molecule has 1 aliphatic heterocycles. The third-order valence-electron chi connectivity index (χ3n) is 6.42. The van der Waals surface area contributed by atoms with Crippen LogP contribution in [-0.2, 0) is 9.53 Å². The maximum absolute atomic E-state index is 13.1. The SMILES string of the molecule is COCCCNC(=O)[C@H](NC(=O)c1ccc(OC)cc1)C1CCN(C(=O)c2ccccc2C)CC1. The Balaban J connectivity index is 1.67. The summed E-state index contributed by atoms with van der Waals surface area (Å²) in [4.78, 5) is 40.9. The largest absolute Gasteiger partial charge is 0.497 e. The third-order valence-corrected chi connectivity index (χ3v) is 6.42. The van der Waals surface area contributed by atoms with Crippen LogP contribution in [0.2, 0.25) is 0 Å². The first-order valence-corrected chi connectivity index (χ1v) is 12.0. The van der Waals surface area contributed by atoms with Gasteiger partial charge in [0, 0.05) is 44.5 Å². The molecule has 0 saturated carbocycles. The van der Waals surface area contributed by atoms with E-state index in [1.807, 2.05) is 36.1 Å². The van der Waals surface area contributed by atoms with Crippen molar-refractivity contribution in [1.29, 1.82) is 0 Å². The smallest absolute Gasteiger partial charge is 0.254 e. The van der Waals surface area contributed by atoms with Crippen molar-refractivity contribution in [2.45, 2.75) is 32.2 Å². The molecular formula is C27H35N3O5. The lowest BCUT2D eigenvalue weighted by Gasteiger charge is -2.36. The maximum atomic E-state index is 13.1. The van der Waals surface area contributed by atoms with Crippen LogP contribution in [-0.4, -0.2) is 69.1 Å². The second-order valence-corrected chi connectivity index (χ2v) is 8.76. The van der Waals surface area contributed by atoms with Gasteiger partial charge < -0.3 is 25.0 Å². The van der Waals surface area contributed by atoms with Crippen LogP contribution in [0.25, 0.3) is 0 Å². The molecule has 1 saturated heterocycles. The van der Waals surface area contributed by atoms with Crippen molar-refractivity contribution in [3.8, 4) is 5.75 Å². The van der Waals surface area contributed by atoms with Crippen LogP contribution in [0.15, 0.2) is 48.5 Å². The van der Waals surface area contributed by atoms with Gasteiger partial charge in [0.2, 0.25) is 5.91 Å². The number of benzene rings is 2. The van der Waals surface area contributed by atoms with E-state index in [1.54, 1.807) is 38.5 Å². The molecule has 0 bridgehead atoms. The summed E-state index contributed by atoms with van der Waals surface area (Å²) in [6.45, 7) is 4.00. The van der Waals surface area contributed by atoms with Crippen molar-refractivity contribution in [2.75, 3.05) is 40.5 Å². The highest BCUT2D eigenvalue weighted by atomic mass is 16.5. The lowest BCUT2D eigenvalue weighted by atomic mass is 9.88. The van der Waals surface area contributed by atoms with E-state index < -0.39 is 6.04 Å². The van der Waals surface area contributed by atoms with Crippen molar-refractivity contribution in [1.82, 2.24) is 15.5 Å². The zero-order valence-electron chi connectivity index (χ0n) is 20.7. The molecule has 1 atom stereocenters. The molecule has 2 aromatic rings. The first-order valence-electron chi connectivity index (χ1n) is 12.0. The second-order valence-electron chi connectivity index (χ2n) is 8.76. The minimum atomic E-state index is -0.692. The molecule has 1 heterocycles. The standard InChI is InChI=1S/C27H35N3O5/c1-19-7-4-5-8-23(19)27(33)30-16-13-20(14-17-30)24(26(32)28-15-6-18-34-2)29-25(31)21-9-11-22(35-3)12-10-21/h4-5,7-12,20,24H,6,13-18H2,1-3H3,(H,28,32)(H,29,31)/t24-/m1/s1. The number of aryl methyl sites for hydroxylation is 1. The number of carbonyl (C=O) groups is 3. The van der Waals surface area contributed by atoms with Gasteiger partial charge in [-0.25, -0.2) is 0 Å². The predicted octanol–water partition coefficient (Wildman–Crippen LogP) is 2.81. The van der Waals surface area contributed by atoms with Gasteiger partial charge in [-0.2, -0.15) is 0 Å². The Morgan fingerprint density at radius 2 is 1.71 bits per heavy atom. The highest BCUT2D eigenvalue weighted by Crippen LogP contribution is 2.24. The molecule has 3 rings (SSSR count). The summed E-state index contributed by atoms with van der Waals surface area (Å²) in [6.07, 6.45) is 1.93. The molecule has 188 valence electrons. The number of ether oxygens (including phenoxy) is 2. The molecular weight excluding hydrogens is 446 g/mol. The van der Waals surface area contributed by atoms with Crippen LogP contribution in [0.5, 0.6) is 5.75 Å². The Morgan fingerprint density at radius 3 is 2.34 bits per heavy atom. The van der Waals surface area contributed by atoms with Gasteiger partial charge in [0.25, 0.3) is 11.8 Å². The molecule has 1 aliphatic rings. The van der Waals surface area contributed by atoms with Crippen molar-refractivity contribution in [3.63, 3.8) is 0 Å². The van der Waals surface area contributed by atoms with Crippen LogP contribution in [0, 0.1) is 12.8 Å². The topological polar surface area (TPSA) is 97.0 Å². The average molecular weight is 482 g/mol. The van der Waals surface area contributed by atoms with Crippen molar-refractivity contribution < 1.29 is 23.9 Å². The summed E-state index contributed by atoms with van der Waals surface area (Å²) < 4.78 is 10.2. The fourth-order valence-electron chi connectivity index (χ4n) is 4.32. The van der Waals surface area contributed by atoms with Gasteiger partial charge in [-0.05, 0) is 68.0 Å². The Kier molecular flexibility index (Phi) is 9.66. The van der Waals surface area contributed by atoms with Crippen molar-refractivity contribution >= 4 is 17.7 Å². The average Bonchev–Trinajstić information content (AvgIpc) is 2.89. The van der Waals surface area contributed by atoms with Gasteiger partial charge in [0.05, 0.1) is 7.11 Å². The molecule has 35 heavy (non-hydrogen) atoms. The highest BCUT2D eigenvalue weighted by molar-refractivity contribution is 5.98. The molecule has 1 fully saturated rings. The molecule has 0 aliphatic carbocycles. The molecule has 8 heteroatoms. The molecule has 2 N–H and O–H groups in total. The first kappa shape index (κ1) is 26.2. The van der Waals surface area contributed by atoms with E-state index in [-0.39, 0.29) is 23.6 Å². The lowest BCUT2D eigenvalue weighted by molar-refractivity contribution is -0.124. The van der Waals surface area contributed by atoms with Gasteiger partial charge in [0.1, 0.15) is 11.8 Å². The number of piperidine rings is 1. The van der Waals surface area contributed by atoms with Crippen molar-refractivity contribution in [3.05, 3.63) is 65.2 Å². The normalized spacial score (nSPS) is 14.8. The number of amides is 3. The maximum Gasteiger partial charge on any atom is 0.254 e. The molecule has 0 unspecified atom stereocenters. The molecule has 0 radical (unpaired) electrons. The second kappa shape index (κ2) is 12.9. The molecule has 8 nitrogen and oxygen atoms in total. The number of rotatable bonds is 10. The minimum Gasteiger partial charge on any atom is -0.497 e. The molecule has 0 aromatic heterocycles. The van der Waals surface area contributed by atoms with E-state index in [0.717, 1.165) is 5.56 Å². The van der Waals surface area contributed by atoms with E-state index >= 15 is 0 Å². The number of likely N-dealkylation sites (tertiary alicyclic amines) is 1. The van der Waals surface area contributed by atoms with E-state index in [2.05, 4.69) is 10.6 Å². The van der Waals surface area contributed by atoms with Gasteiger partial charge >= 0.3 is 0 Å². The third kappa shape index (κ3) is 7.05. The minimum absolute atomic E-state index is 0.00406. The highest BCUT2D eigenvalue weighted by Gasteiger charge is 2.34. The van der Waals surface area contributed by atoms with Gasteiger partial charge in [-0.3, -0.25) is 14.4 Å². The quantitative estimate of drug-likeness (QED) is 0.509. The summed E-state index contributed by atoms with van der Waals surface area (Å²) in [5.41, 5.74) is 2.10. The summed E-state index contributed by atoms with van der Waals surface area (Å²) in [5.74, 6) is 0.0411. The van der Waals surface area contributed by atoms with E-state index in [1.165, 1.54) is 0 Å². The Hall–Kier alpha value is -3.39. The van der Waals surface area contributed by atoms with Gasteiger partial charge in [-0.15, -0.1) is 0 Å². The number of carbonyl (C=O) groups excluding carboxylic acids is 3. The van der Waals surface area contributed by atoms with E-state index in [0.29, 0.717) is 62.4 Å². The number of nitrogens with zero attached hydrogens (tertiary/aromatic N) is 1. The Morgan fingerprint density at radius 1 is 1.03 bits per heavy atom. The zero-order chi connectivity index (χ0) is 25.2. The Labute approximate surface area is 207 Å². The fraction of sp³-hybridized carbons (Fsp3) is 0.444. The lowest BCUT2D eigenvalue weighted by Crippen LogP contribution is -2.54. The van der Waals surface area contributed by atoms with Crippen LogP contribution in [0.3, 0.4) is 0 Å². The monoisotopic (exact) mass is 481 g/mol. The number of methoxy groups -OCH3 is 2. The van der Waals surface area contributed by atoms with Crippen LogP contribution in [0.4, 0.5) is 0 Å². The van der Waals surface area contributed by atoms with Crippen LogP contribution in [0.1, 0.15) is 45.5 Å². The van der Waals surface area contributed by atoms with E-state index in [4.69, 9.17) is 9.47 Å². The molecule has 0 spiro atoms. The summed E-state index contributed by atoms with van der Waals surface area (Å²) in [7, 11) is 3.18. The molecule has 3 amide bonds. The number of nitrogens with one attached hydrogen (secondary N) is 2. The van der Waals surface area contributed by atoms with Gasteiger partial charge in [-0.1, -0.05) is 18.2 Å². The summed E-state index contributed by atoms with van der Waals surface area (Å²) >= 11 is 0. The number of hydrogen-bond donors (Lipinski definition) is 2. The summed E-state index contributed by atoms with van der Waals surface area (Å²) in [5, 5.41) is 5.86. The first-order chi connectivity index (χ1) is 16.9. The number of hydrogen-bond acceptors (Lipinski definition) is 5. The van der Waals surface area contributed by atoms with Gasteiger partial charge in [0.15, 0.2) is 0 Å².